The predicted molar refractivity (Wildman–Crippen MR) is 84.4 cm³/mol. The second-order valence-electron chi connectivity index (χ2n) is 5.71. The van der Waals surface area contributed by atoms with Crippen LogP contribution in [0.25, 0.3) is 22.9 Å². The summed E-state index contributed by atoms with van der Waals surface area (Å²) in [7, 11) is 4.46. The monoisotopic (exact) mass is 228 g/mol. The maximum absolute atomic E-state index is 2.35. The van der Waals surface area contributed by atoms with Gasteiger partial charge in [0.25, 0.3) is 0 Å². The summed E-state index contributed by atoms with van der Waals surface area (Å²) in [4.78, 5) is 0. The van der Waals surface area contributed by atoms with Gasteiger partial charge in [0.15, 0.2) is 0 Å². The quantitative estimate of drug-likeness (QED) is 0.604. The summed E-state index contributed by atoms with van der Waals surface area (Å²) >= 11 is 0. The molecule has 0 nitrogen and oxygen atoms in total. The van der Waals surface area contributed by atoms with Gasteiger partial charge in [0, 0.05) is 0 Å². The molecule has 0 bridgehead atoms. The molecule has 0 N–H and O–H groups in total. The van der Waals surface area contributed by atoms with Crippen molar-refractivity contribution < 1.29 is 0 Å². The van der Waals surface area contributed by atoms with E-state index in [1.165, 1.54) is 44.0 Å². The molecule has 4 rings (SSSR count). The first-order valence-corrected chi connectivity index (χ1v) is 6.64. The van der Waals surface area contributed by atoms with Gasteiger partial charge in [-0.25, -0.2) is 0 Å². The molecule has 2 aliphatic rings. The molecule has 0 fully saturated rings. The standard InChI is InChI=1S/C16H14B2/c17-13-5-9-1-2-10-6-14(18)8-12-4-3-11(7-13)15(9)16(10)12/h1-5,8H,6-7,17-18H2. The molecule has 2 heteroatoms. The van der Waals surface area contributed by atoms with E-state index >= 15 is 0 Å². The minimum Gasteiger partial charge on any atom is -0.105 e. The fourth-order valence-corrected chi connectivity index (χ4v) is 3.46. The van der Waals surface area contributed by atoms with Crippen molar-refractivity contribution in [3.05, 3.63) is 57.5 Å². The Balaban J connectivity index is 2.20. The van der Waals surface area contributed by atoms with Crippen LogP contribution in [0.15, 0.2) is 35.2 Å². The van der Waals surface area contributed by atoms with Gasteiger partial charge in [-0.1, -0.05) is 36.4 Å². The molecule has 0 saturated heterocycles. The van der Waals surface area contributed by atoms with E-state index < -0.39 is 0 Å². The molecular formula is C16H14B2. The topological polar surface area (TPSA) is 0 Å². The van der Waals surface area contributed by atoms with Crippen LogP contribution in [0.3, 0.4) is 0 Å². The van der Waals surface area contributed by atoms with Gasteiger partial charge in [-0.2, -0.15) is 0 Å². The number of benzene rings is 2. The molecule has 0 unspecified atom stereocenters. The van der Waals surface area contributed by atoms with Crippen molar-refractivity contribution in [2.45, 2.75) is 12.8 Å². The molecule has 2 aromatic carbocycles. The van der Waals surface area contributed by atoms with E-state index in [0.717, 1.165) is 12.8 Å². The highest BCUT2D eigenvalue weighted by Gasteiger charge is 2.18. The van der Waals surface area contributed by atoms with Crippen LogP contribution in [0.1, 0.15) is 22.3 Å². The first kappa shape index (κ1) is 10.3. The molecule has 0 aromatic heterocycles. The Morgan fingerprint density at radius 1 is 0.667 bits per heavy atom. The van der Waals surface area contributed by atoms with Crippen LogP contribution in [-0.2, 0) is 12.8 Å². The number of hydrogen-bond acceptors (Lipinski definition) is 0. The first-order chi connectivity index (χ1) is 8.72. The van der Waals surface area contributed by atoms with Crippen LogP contribution < -0.4 is 0 Å². The average Bonchev–Trinajstić information content (AvgIpc) is 2.34. The van der Waals surface area contributed by atoms with Crippen LogP contribution in [0.4, 0.5) is 0 Å². The van der Waals surface area contributed by atoms with Crippen LogP contribution in [0.2, 0.25) is 0 Å². The molecule has 0 atom stereocenters. The second-order valence-corrected chi connectivity index (χ2v) is 5.71. The number of allylic oxidation sites excluding steroid dienone is 2. The van der Waals surface area contributed by atoms with Gasteiger partial charge in [0.05, 0.1) is 0 Å². The minimum absolute atomic E-state index is 1.11. The fraction of sp³-hybridized carbons (Fsp3) is 0.125. The summed E-state index contributed by atoms with van der Waals surface area (Å²) in [6, 6.07) is 9.23. The maximum Gasteiger partial charge on any atom is 0.134 e. The van der Waals surface area contributed by atoms with Crippen molar-refractivity contribution in [3.63, 3.8) is 0 Å². The van der Waals surface area contributed by atoms with Gasteiger partial charge in [0.2, 0.25) is 0 Å². The van der Waals surface area contributed by atoms with E-state index in [9.17, 15) is 0 Å². The third-order valence-electron chi connectivity index (χ3n) is 4.14. The summed E-state index contributed by atoms with van der Waals surface area (Å²) < 4.78 is 0. The molecule has 18 heavy (non-hydrogen) atoms. The summed E-state index contributed by atoms with van der Waals surface area (Å²) in [5.74, 6) is 0. The lowest BCUT2D eigenvalue weighted by Crippen LogP contribution is -2.05. The minimum atomic E-state index is 1.11. The molecule has 2 aromatic rings. The van der Waals surface area contributed by atoms with Gasteiger partial charge in [0.1, 0.15) is 15.7 Å². The van der Waals surface area contributed by atoms with E-state index in [1.807, 2.05) is 0 Å². The summed E-state index contributed by atoms with van der Waals surface area (Å²) in [6.07, 6.45) is 6.91. The van der Waals surface area contributed by atoms with Crippen LogP contribution in [0, 0.1) is 0 Å². The van der Waals surface area contributed by atoms with Crippen LogP contribution >= 0.6 is 0 Å². The Labute approximate surface area is 109 Å². The molecule has 0 amide bonds. The molecule has 0 spiro atoms. The average molecular weight is 228 g/mol. The molecule has 0 aliphatic heterocycles. The van der Waals surface area contributed by atoms with Gasteiger partial charge < -0.3 is 0 Å². The molecule has 0 radical (unpaired) electrons. The van der Waals surface area contributed by atoms with Gasteiger partial charge >= 0.3 is 0 Å². The van der Waals surface area contributed by atoms with Crippen LogP contribution in [0.5, 0.6) is 0 Å². The lowest BCUT2D eigenvalue weighted by Gasteiger charge is -2.23. The molecule has 2 aliphatic carbocycles. The Kier molecular flexibility index (Phi) is 1.94. The Hall–Kier alpha value is -1.69. The summed E-state index contributed by atoms with van der Waals surface area (Å²) in [6.45, 7) is 0. The van der Waals surface area contributed by atoms with Crippen molar-refractivity contribution in [2.75, 3.05) is 0 Å². The zero-order valence-electron chi connectivity index (χ0n) is 10.9. The third kappa shape index (κ3) is 1.29. The highest BCUT2D eigenvalue weighted by Crippen LogP contribution is 2.38. The summed E-state index contributed by atoms with van der Waals surface area (Å²) in [5, 5.41) is 3.00. The highest BCUT2D eigenvalue weighted by molar-refractivity contribution is 6.27. The van der Waals surface area contributed by atoms with Crippen molar-refractivity contribution in [1.29, 1.82) is 0 Å². The molecule has 0 saturated carbocycles. The van der Waals surface area contributed by atoms with Gasteiger partial charge in [-0.15, -0.1) is 10.9 Å². The zero-order chi connectivity index (χ0) is 12.3. The third-order valence-corrected chi connectivity index (χ3v) is 4.14. The lowest BCUT2D eigenvalue weighted by molar-refractivity contribution is 1.22. The van der Waals surface area contributed by atoms with Crippen molar-refractivity contribution in [2.24, 2.45) is 0 Å². The number of rotatable bonds is 0. The van der Waals surface area contributed by atoms with E-state index in [-0.39, 0.29) is 0 Å². The maximum atomic E-state index is 2.35. The second kappa shape index (κ2) is 3.41. The fourth-order valence-electron chi connectivity index (χ4n) is 3.46. The summed E-state index contributed by atoms with van der Waals surface area (Å²) in [5.41, 5.74) is 8.74. The molecule has 0 heterocycles. The zero-order valence-corrected chi connectivity index (χ0v) is 10.9. The van der Waals surface area contributed by atoms with E-state index in [1.54, 1.807) is 0 Å². The van der Waals surface area contributed by atoms with Crippen LogP contribution in [-0.4, -0.2) is 15.7 Å². The lowest BCUT2D eigenvalue weighted by atomic mass is 9.75. The molecular weight excluding hydrogens is 214 g/mol. The van der Waals surface area contributed by atoms with Gasteiger partial charge in [-0.3, -0.25) is 0 Å². The van der Waals surface area contributed by atoms with E-state index in [2.05, 4.69) is 52.1 Å². The SMILES string of the molecule is BC1=Cc2ccc3c4c(ccc(c24)C1)C=C(B)C3. The molecule has 84 valence electrons. The normalized spacial score (nSPS) is 16.4. The van der Waals surface area contributed by atoms with E-state index in [0.29, 0.717) is 0 Å². The Morgan fingerprint density at radius 3 is 1.56 bits per heavy atom. The highest BCUT2D eigenvalue weighted by atomic mass is 14.2. The first-order valence-electron chi connectivity index (χ1n) is 6.64. The van der Waals surface area contributed by atoms with Crippen molar-refractivity contribution >= 4 is 38.6 Å². The van der Waals surface area contributed by atoms with Crippen molar-refractivity contribution in [3.8, 4) is 0 Å². The Bertz CT molecular complexity index is 686. The Morgan fingerprint density at radius 2 is 1.11 bits per heavy atom. The predicted octanol–water partition coefficient (Wildman–Crippen LogP) is 1.90. The van der Waals surface area contributed by atoms with Gasteiger partial charge in [-0.05, 0) is 45.9 Å². The smallest absolute Gasteiger partial charge is 0.105 e. The largest absolute Gasteiger partial charge is 0.134 e. The van der Waals surface area contributed by atoms with E-state index in [4.69, 9.17) is 0 Å². The number of hydrogen-bond donors (Lipinski definition) is 0. The van der Waals surface area contributed by atoms with Crippen molar-refractivity contribution in [1.82, 2.24) is 0 Å².